The minimum Gasteiger partial charge on any atom is -0.463 e. The maximum Gasteiger partial charge on any atom is 0.472 e. The molecule has 0 amide bonds. The quantitative estimate of drug-likeness (QED) is 0.0146. The topological polar surface area (TPSA) is 231 Å². The number of hydrogen-bond donors (Lipinski definition) is 4. The molecule has 16 nitrogen and oxygen atoms in total. The zero-order valence-corrected chi connectivity index (χ0v) is 78.7. The minimum atomic E-state index is -4.95. The van der Waals surface area contributed by atoms with Gasteiger partial charge in [0, 0.05) is 19.3 Å². The SMILES string of the molecule is CC/C=C\C/C=C\C/C=C\C/C=C\C/C=C\CCCCCCCCCCCC(=O)OC(COC(=O)CCCCCCCCCCCCC/C=C\C/C=C\C/C=C\C/C=C\CCCCC)COP(=O)(O)OCC(O)COP(=O)(O)OCC(O)COC(=O)CCCCCCCCCCCCCCCCCCC/C=C\C/C=C\C/C=C\C/C=C\CCCCC. The average Bonchev–Trinajstić information content (AvgIpc) is 0.889. The molecule has 0 aliphatic heterocycles. The Hall–Kier alpha value is -4.83. The van der Waals surface area contributed by atoms with Gasteiger partial charge in [0.05, 0.1) is 26.4 Å². The van der Waals surface area contributed by atoms with Gasteiger partial charge in [-0.1, -0.05) is 403 Å². The first-order valence-electron chi connectivity index (χ1n) is 48.8. The van der Waals surface area contributed by atoms with E-state index in [1.807, 2.05) is 0 Å². The lowest BCUT2D eigenvalue weighted by molar-refractivity contribution is -0.161. The number of aliphatic hydroxyl groups excluding tert-OH is 2. The first-order valence-corrected chi connectivity index (χ1v) is 51.8. The highest BCUT2D eigenvalue weighted by Crippen LogP contribution is 2.45. The zero-order valence-electron chi connectivity index (χ0n) is 76.9. The second kappa shape index (κ2) is 94.3. The third-order valence-corrected chi connectivity index (χ3v) is 22.6. The summed E-state index contributed by atoms with van der Waals surface area (Å²) in [6.45, 7) is 2.57. The van der Waals surface area contributed by atoms with Crippen LogP contribution in [0.25, 0.3) is 0 Å². The molecule has 0 spiro atoms. The molecule has 0 saturated carbocycles. The standard InChI is InChI=1S/C103H178O16P2/c1-4-7-10-13-16-19-22-25-28-31-34-37-40-43-45-46-47-48-49-50-52-55-56-59-62-65-68-71-74-77-80-83-86-89-101(106)113-92-98(104)93-115-120(109,110)116-94-99(105)95-117-121(111,112)118-97-100(119-103(108)91-88-85-82-79-76-73-70-67-64-61-58-53-42-39-36-33-30-27-24-21-18-15-12-9-6-3)96-114-102(107)90-87-84-81-78-75-72-69-66-63-60-57-54-51-44-41-38-35-32-29-26-23-20-17-14-11-8-5-2/h9,12,16-21,25-30,34-39,43-45,51,53,58,98-100,104-105H,4-8,10-11,13-15,22-24,31-33,40-42,46-50,52,54-57,59-97H2,1-3H3,(H,109,110)(H,111,112)/b12-9-,19-16-,20-17-,21-18-,28-25-,29-26-,30-27-,37-34-,38-35-,39-36-,45-43-,51-44-,58-53-. The summed E-state index contributed by atoms with van der Waals surface area (Å²) >= 11 is 0. The van der Waals surface area contributed by atoms with Crippen LogP contribution in [0.3, 0.4) is 0 Å². The zero-order chi connectivity index (χ0) is 87.9. The molecule has 0 aliphatic carbocycles. The molecule has 4 N–H and O–H groups in total. The van der Waals surface area contributed by atoms with Crippen molar-refractivity contribution in [1.29, 1.82) is 0 Å². The molecule has 18 heteroatoms. The van der Waals surface area contributed by atoms with Gasteiger partial charge in [-0.05, 0) is 154 Å². The van der Waals surface area contributed by atoms with Gasteiger partial charge in [0.2, 0.25) is 0 Å². The molecule has 5 unspecified atom stereocenters. The molecular formula is C103H178O16P2. The third-order valence-electron chi connectivity index (χ3n) is 20.7. The number of hydrogen-bond acceptors (Lipinski definition) is 14. The van der Waals surface area contributed by atoms with Crippen molar-refractivity contribution in [2.24, 2.45) is 0 Å². The van der Waals surface area contributed by atoms with E-state index in [-0.39, 0.29) is 19.3 Å². The van der Waals surface area contributed by atoms with E-state index in [9.17, 15) is 43.5 Å². The lowest BCUT2D eigenvalue weighted by Crippen LogP contribution is -2.30. The van der Waals surface area contributed by atoms with Crippen molar-refractivity contribution in [3.63, 3.8) is 0 Å². The van der Waals surface area contributed by atoms with Crippen LogP contribution in [-0.4, -0.2) is 95.9 Å². The van der Waals surface area contributed by atoms with E-state index < -0.39 is 91.5 Å². The number of ether oxygens (including phenoxy) is 3. The van der Waals surface area contributed by atoms with Crippen molar-refractivity contribution < 1.29 is 75.8 Å². The van der Waals surface area contributed by atoms with Crippen LogP contribution in [0.1, 0.15) is 419 Å². The number of carbonyl (C=O) groups excluding carboxylic acids is 3. The fourth-order valence-corrected chi connectivity index (χ4v) is 14.9. The van der Waals surface area contributed by atoms with Crippen molar-refractivity contribution >= 4 is 33.6 Å². The third kappa shape index (κ3) is 95.7. The Labute approximate surface area is 740 Å². The molecule has 0 bridgehead atoms. The Morgan fingerprint density at radius 2 is 0.438 bits per heavy atom. The second-order valence-electron chi connectivity index (χ2n) is 32.5. The number of aliphatic hydroxyl groups is 2. The molecule has 5 atom stereocenters. The number of allylic oxidation sites excluding steroid dienone is 26. The molecule has 121 heavy (non-hydrogen) atoms. The number of esters is 3. The van der Waals surface area contributed by atoms with Crippen LogP contribution < -0.4 is 0 Å². The molecule has 0 saturated heterocycles. The van der Waals surface area contributed by atoms with Crippen molar-refractivity contribution in [2.45, 2.75) is 437 Å². The van der Waals surface area contributed by atoms with E-state index in [1.54, 1.807) is 0 Å². The van der Waals surface area contributed by atoms with E-state index in [4.69, 9.17) is 32.3 Å². The fourth-order valence-electron chi connectivity index (χ4n) is 13.3. The van der Waals surface area contributed by atoms with Gasteiger partial charge in [-0.15, -0.1) is 0 Å². The summed E-state index contributed by atoms with van der Waals surface area (Å²) in [5.74, 6) is -1.57. The Balaban J connectivity index is 4.59. The van der Waals surface area contributed by atoms with Crippen LogP contribution in [0.4, 0.5) is 0 Å². The highest BCUT2D eigenvalue weighted by atomic mass is 31.2. The number of unbranched alkanes of at least 4 members (excludes halogenated alkanes) is 43. The minimum absolute atomic E-state index is 0.0929. The van der Waals surface area contributed by atoms with Gasteiger partial charge < -0.3 is 34.2 Å². The van der Waals surface area contributed by atoms with Crippen LogP contribution in [0.15, 0.2) is 158 Å². The van der Waals surface area contributed by atoms with E-state index in [0.29, 0.717) is 19.3 Å². The van der Waals surface area contributed by atoms with Crippen LogP contribution in [0.2, 0.25) is 0 Å². The van der Waals surface area contributed by atoms with Gasteiger partial charge in [-0.2, -0.15) is 0 Å². The summed E-state index contributed by atoms with van der Waals surface area (Å²) in [4.78, 5) is 59.1. The Bertz CT molecular complexity index is 2830. The summed E-state index contributed by atoms with van der Waals surface area (Å²) < 4.78 is 61.6. The van der Waals surface area contributed by atoms with E-state index in [1.165, 1.54) is 205 Å². The highest BCUT2D eigenvalue weighted by molar-refractivity contribution is 7.47. The first kappa shape index (κ1) is 116. The van der Waals surface area contributed by atoms with Crippen LogP contribution in [0.5, 0.6) is 0 Å². The maximum atomic E-state index is 13.1. The summed E-state index contributed by atoms with van der Waals surface area (Å²) in [5, 5.41) is 20.8. The molecule has 0 aromatic carbocycles. The molecular weight excluding hydrogens is 1560 g/mol. The molecule has 0 fully saturated rings. The number of carbonyl (C=O) groups is 3. The summed E-state index contributed by atoms with van der Waals surface area (Å²) in [6.07, 6.45) is 121. The Morgan fingerprint density at radius 3 is 0.694 bits per heavy atom. The average molecular weight is 1730 g/mol. The maximum absolute atomic E-state index is 13.1. The van der Waals surface area contributed by atoms with Crippen LogP contribution in [-0.2, 0) is 55.8 Å². The van der Waals surface area contributed by atoms with Gasteiger partial charge in [-0.3, -0.25) is 32.5 Å². The van der Waals surface area contributed by atoms with E-state index in [0.717, 1.165) is 154 Å². The van der Waals surface area contributed by atoms with Gasteiger partial charge in [0.1, 0.15) is 25.4 Å². The first-order chi connectivity index (χ1) is 59.2. The van der Waals surface area contributed by atoms with Crippen molar-refractivity contribution in [3.8, 4) is 0 Å². The highest BCUT2D eigenvalue weighted by Gasteiger charge is 2.30. The van der Waals surface area contributed by atoms with Gasteiger partial charge in [-0.25, -0.2) is 9.13 Å². The van der Waals surface area contributed by atoms with Gasteiger partial charge in [0.25, 0.3) is 0 Å². The van der Waals surface area contributed by atoms with Crippen molar-refractivity contribution in [3.05, 3.63) is 158 Å². The van der Waals surface area contributed by atoms with E-state index in [2.05, 4.69) is 179 Å². The predicted octanol–water partition coefficient (Wildman–Crippen LogP) is 30.5. The summed E-state index contributed by atoms with van der Waals surface area (Å²) in [6, 6.07) is 0. The Morgan fingerprint density at radius 1 is 0.240 bits per heavy atom. The van der Waals surface area contributed by atoms with Crippen LogP contribution in [0, 0.1) is 0 Å². The molecule has 0 aliphatic rings. The van der Waals surface area contributed by atoms with Crippen molar-refractivity contribution in [1.82, 2.24) is 0 Å². The molecule has 0 heterocycles. The summed E-state index contributed by atoms with van der Waals surface area (Å²) in [5.41, 5.74) is 0. The monoisotopic (exact) mass is 1730 g/mol. The van der Waals surface area contributed by atoms with Crippen LogP contribution >= 0.6 is 15.6 Å². The van der Waals surface area contributed by atoms with Crippen molar-refractivity contribution in [2.75, 3.05) is 39.6 Å². The number of rotatable bonds is 92. The second-order valence-corrected chi connectivity index (χ2v) is 35.4. The fraction of sp³-hybridized carbons (Fsp3) is 0.718. The number of phosphoric ester groups is 2. The van der Waals surface area contributed by atoms with Gasteiger partial charge in [0.15, 0.2) is 6.10 Å². The Kier molecular flexibility index (Phi) is 90.5. The lowest BCUT2D eigenvalue weighted by Gasteiger charge is -2.21. The van der Waals surface area contributed by atoms with E-state index >= 15 is 0 Å². The molecule has 0 radical (unpaired) electrons. The lowest BCUT2D eigenvalue weighted by atomic mass is 10.0. The smallest absolute Gasteiger partial charge is 0.463 e. The molecule has 0 rings (SSSR count). The predicted molar refractivity (Wildman–Crippen MR) is 509 cm³/mol. The molecule has 0 aromatic heterocycles. The normalized spacial score (nSPS) is 14.4. The number of phosphoric acid groups is 2. The largest absolute Gasteiger partial charge is 0.472 e. The molecule has 696 valence electrons. The molecule has 0 aromatic rings. The van der Waals surface area contributed by atoms with Gasteiger partial charge >= 0.3 is 33.6 Å². The summed E-state index contributed by atoms with van der Waals surface area (Å²) in [7, 11) is -9.82.